The minimum Gasteiger partial charge on any atom is -0.494 e. The Hall–Kier alpha value is -2.37. The van der Waals surface area contributed by atoms with Gasteiger partial charge in [0.05, 0.1) is 6.61 Å². The monoisotopic (exact) mass is 361 g/mol. The topological polar surface area (TPSA) is 83.9 Å². The summed E-state index contributed by atoms with van der Waals surface area (Å²) >= 11 is 0. The highest BCUT2D eigenvalue weighted by Crippen LogP contribution is 2.22. The molecular weight excluding hydrogens is 334 g/mol. The van der Waals surface area contributed by atoms with E-state index in [-0.39, 0.29) is 18.1 Å². The molecule has 0 aliphatic carbocycles. The molecule has 1 atom stereocenters. The minimum absolute atomic E-state index is 0.0188. The summed E-state index contributed by atoms with van der Waals surface area (Å²) < 4.78 is 5.62. The molecule has 0 spiro atoms. The normalized spacial score (nSPS) is 17.0. The summed E-state index contributed by atoms with van der Waals surface area (Å²) in [6.07, 6.45) is 3.80. The highest BCUT2D eigenvalue weighted by atomic mass is 16.5. The van der Waals surface area contributed by atoms with Crippen molar-refractivity contribution in [3.8, 4) is 5.75 Å². The number of likely N-dealkylation sites (tertiary alicyclic amines) is 1. The number of hydrogen-bond donors (Lipinski definition) is 1. The van der Waals surface area contributed by atoms with Gasteiger partial charge in [-0.3, -0.25) is 14.4 Å². The van der Waals surface area contributed by atoms with Crippen LogP contribution in [0.25, 0.3) is 0 Å². The summed E-state index contributed by atoms with van der Waals surface area (Å²) in [6, 6.07) is 6.98. The number of amides is 1. The molecule has 6 nitrogen and oxygen atoms in total. The van der Waals surface area contributed by atoms with Crippen molar-refractivity contribution in [2.45, 2.75) is 45.4 Å². The van der Waals surface area contributed by atoms with Gasteiger partial charge in [0.15, 0.2) is 5.78 Å². The van der Waals surface area contributed by atoms with Crippen molar-refractivity contribution in [2.75, 3.05) is 19.7 Å². The van der Waals surface area contributed by atoms with Gasteiger partial charge in [0.2, 0.25) is 5.91 Å². The van der Waals surface area contributed by atoms with Crippen LogP contribution in [0.2, 0.25) is 0 Å². The number of piperidine rings is 1. The van der Waals surface area contributed by atoms with Gasteiger partial charge in [-0.1, -0.05) is 0 Å². The van der Waals surface area contributed by atoms with E-state index in [4.69, 9.17) is 9.84 Å². The summed E-state index contributed by atoms with van der Waals surface area (Å²) in [5, 5.41) is 8.79. The lowest BCUT2D eigenvalue weighted by Gasteiger charge is -2.32. The molecule has 1 heterocycles. The first-order valence-corrected chi connectivity index (χ1v) is 9.19. The van der Waals surface area contributed by atoms with Crippen LogP contribution < -0.4 is 4.74 Å². The van der Waals surface area contributed by atoms with Gasteiger partial charge in [0, 0.05) is 31.5 Å². The number of Topliss-reactive ketones (excluding diaryl/α,β-unsaturated/α-hetero) is 1. The second-order valence-corrected chi connectivity index (χ2v) is 6.81. The molecule has 0 aromatic heterocycles. The molecule has 1 saturated heterocycles. The van der Waals surface area contributed by atoms with Gasteiger partial charge in [0.1, 0.15) is 5.75 Å². The van der Waals surface area contributed by atoms with E-state index >= 15 is 0 Å². The Kier molecular flexibility index (Phi) is 7.63. The second kappa shape index (κ2) is 9.94. The Labute approximate surface area is 154 Å². The van der Waals surface area contributed by atoms with E-state index in [0.29, 0.717) is 49.6 Å². The van der Waals surface area contributed by atoms with Crippen molar-refractivity contribution < 1.29 is 24.2 Å². The number of rotatable bonds is 9. The summed E-state index contributed by atoms with van der Waals surface area (Å²) in [7, 11) is 0. The van der Waals surface area contributed by atoms with E-state index in [1.165, 1.54) is 6.92 Å². The van der Waals surface area contributed by atoms with E-state index in [9.17, 15) is 14.4 Å². The number of carboxylic acids is 1. The lowest BCUT2D eigenvalue weighted by Crippen LogP contribution is -2.40. The van der Waals surface area contributed by atoms with Crippen molar-refractivity contribution in [3.05, 3.63) is 29.8 Å². The first kappa shape index (κ1) is 19.9. The maximum absolute atomic E-state index is 12.3. The first-order valence-electron chi connectivity index (χ1n) is 9.19. The van der Waals surface area contributed by atoms with Crippen LogP contribution in [0.1, 0.15) is 55.8 Å². The van der Waals surface area contributed by atoms with Crippen molar-refractivity contribution in [3.63, 3.8) is 0 Å². The molecule has 1 aliphatic rings. The molecule has 142 valence electrons. The zero-order valence-corrected chi connectivity index (χ0v) is 15.3. The summed E-state index contributed by atoms with van der Waals surface area (Å²) in [5.41, 5.74) is 0.648. The Morgan fingerprint density at radius 2 is 1.92 bits per heavy atom. The van der Waals surface area contributed by atoms with Gasteiger partial charge in [-0.25, -0.2) is 0 Å². The zero-order valence-electron chi connectivity index (χ0n) is 15.3. The molecular formula is C20H27NO5. The van der Waals surface area contributed by atoms with Crippen LogP contribution in [0.3, 0.4) is 0 Å². The lowest BCUT2D eigenvalue weighted by molar-refractivity contribution is -0.137. The predicted octanol–water partition coefficient (Wildman–Crippen LogP) is 3.15. The van der Waals surface area contributed by atoms with Crippen LogP contribution in [-0.4, -0.2) is 47.4 Å². The Bertz CT molecular complexity index is 626. The molecule has 1 aromatic rings. The summed E-state index contributed by atoms with van der Waals surface area (Å²) in [6.45, 7) is 3.39. The Morgan fingerprint density at radius 3 is 2.58 bits per heavy atom. The second-order valence-electron chi connectivity index (χ2n) is 6.81. The average molecular weight is 361 g/mol. The molecule has 0 saturated carbocycles. The Balaban J connectivity index is 1.67. The maximum atomic E-state index is 12.3. The van der Waals surface area contributed by atoms with Gasteiger partial charge >= 0.3 is 5.97 Å². The number of carboxylic acid groups (broad SMARTS) is 1. The van der Waals surface area contributed by atoms with Crippen LogP contribution in [0.5, 0.6) is 5.75 Å². The standard InChI is InChI=1S/C20H27NO5/c1-15(22)17-7-9-18(10-8-17)26-13-3-5-19(23)21-12-2-4-16(14-21)6-11-20(24)25/h7-10,16H,2-6,11-14H2,1H3,(H,24,25). The highest BCUT2D eigenvalue weighted by molar-refractivity contribution is 5.94. The number of ether oxygens (including phenoxy) is 1. The fourth-order valence-electron chi connectivity index (χ4n) is 3.21. The molecule has 1 aromatic carbocycles. The minimum atomic E-state index is -0.776. The molecule has 0 bridgehead atoms. The number of hydrogen-bond acceptors (Lipinski definition) is 4. The molecule has 26 heavy (non-hydrogen) atoms. The third-order valence-electron chi connectivity index (χ3n) is 4.70. The number of benzene rings is 1. The van der Waals surface area contributed by atoms with Crippen molar-refractivity contribution in [1.82, 2.24) is 4.90 Å². The van der Waals surface area contributed by atoms with Gasteiger partial charge in [-0.2, -0.15) is 0 Å². The van der Waals surface area contributed by atoms with E-state index < -0.39 is 5.97 Å². The van der Waals surface area contributed by atoms with Gasteiger partial charge in [-0.05, 0) is 62.8 Å². The van der Waals surface area contributed by atoms with E-state index in [1.807, 2.05) is 4.90 Å². The van der Waals surface area contributed by atoms with Crippen molar-refractivity contribution in [2.24, 2.45) is 5.92 Å². The smallest absolute Gasteiger partial charge is 0.303 e. The van der Waals surface area contributed by atoms with Crippen molar-refractivity contribution in [1.29, 1.82) is 0 Å². The molecule has 2 rings (SSSR count). The average Bonchev–Trinajstić information content (AvgIpc) is 2.64. The van der Waals surface area contributed by atoms with Crippen LogP contribution in [0.4, 0.5) is 0 Å². The van der Waals surface area contributed by atoms with Crippen LogP contribution in [0.15, 0.2) is 24.3 Å². The SMILES string of the molecule is CC(=O)c1ccc(OCCCC(=O)N2CCCC(CCC(=O)O)C2)cc1. The number of nitrogens with zero attached hydrogens (tertiary/aromatic N) is 1. The van der Waals surface area contributed by atoms with Crippen LogP contribution >= 0.6 is 0 Å². The number of carbonyl (C=O) groups is 3. The quantitative estimate of drug-likeness (QED) is 0.539. The fraction of sp³-hybridized carbons (Fsp3) is 0.550. The number of carbonyl (C=O) groups excluding carboxylic acids is 2. The molecule has 6 heteroatoms. The third kappa shape index (κ3) is 6.50. The molecule has 1 N–H and O–H groups in total. The largest absolute Gasteiger partial charge is 0.494 e. The molecule has 0 radical (unpaired) electrons. The molecule has 1 aliphatic heterocycles. The number of ketones is 1. The first-order chi connectivity index (χ1) is 12.5. The van der Waals surface area contributed by atoms with Crippen LogP contribution in [-0.2, 0) is 9.59 Å². The van der Waals surface area contributed by atoms with E-state index in [2.05, 4.69) is 0 Å². The molecule has 1 amide bonds. The van der Waals surface area contributed by atoms with Crippen molar-refractivity contribution >= 4 is 17.7 Å². The predicted molar refractivity (Wildman–Crippen MR) is 97.3 cm³/mol. The maximum Gasteiger partial charge on any atom is 0.303 e. The Morgan fingerprint density at radius 1 is 1.19 bits per heavy atom. The van der Waals surface area contributed by atoms with Crippen LogP contribution in [0, 0.1) is 5.92 Å². The molecule has 1 fully saturated rings. The third-order valence-corrected chi connectivity index (χ3v) is 4.70. The summed E-state index contributed by atoms with van der Waals surface area (Å²) in [5.74, 6) is 0.335. The highest BCUT2D eigenvalue weighted by Gasteiger charge is 2.23. The number of aliphatic carboxylic acids is 1. The van der Waals surface area contributed by atoms with Gasteiger partial charge < -0.3 is 14.7 Å². The fourth-order valence-corrected chi connectivity index (χ4v) is 3.21. The van der Waals surface area contributed by atoms with Gasteiger partial charge in [-0.15, -0.1) is 0 Å². The van der Waals surface area contributed by atoms with Gasteiger partial charge in [0.25, 0.3) is 0 Å². The zero-order chi connectivity index (χ0) is 18.9. The van der Waals surface area contributed by atoms with E-state index in [0.717, 1.165) is 19.4 Å². The lowest BCUT2D eigenvalue weighted by atomic mass is 9.93. The van der Waals surface area contributed by atoms with E-state index in [1.54, 1.807) is 24.3 Å². The molecule has 1 unspecified atom stereocenters. The summed E-state index contributed by atoms with van der Waals surface area (Å²) in [4.78, 5) is 36.1.